The number of hydrogen-bond acceptors (Lipinski definition) is 3. The van der Waals surface area contributed by atoms with Crippen molar-refractivity contribution in [2.45, 2.75) is 32.4 Å². The standard InChI is InChI=1S/C13H10F5NO3/c1-5(20)22-19-10-7(14)4-6(13(16,17)18)9(15)8(10)12(2,3)11(19)21/h4H,1-3H3. The zero-order valence-corrected chi connectivity index (χ0v) is 11.6. The van der Waals surface area contributed by atoms with Crippen molar-refractivity contribution in [3.63, 3.8) is 0 Å². The van der Waals surface area contributed by atoms with Gasteiger partial charge in [-0.3, -0.25) is 4.79 Å². The van der Waals surface area contributed by atoms with Gasteiger partial charge in [0.05, 0.1) is 11.0 Å². The van der Waals surface area contributed by atoms with Crippen LogP contribution in [0.2, 0.25) is 0 Å². The number of benzene rings is 1. The lowest BCUT2D eigenvalue weighted by Gasteiger charge is -2.18. The molecule has 4 nitrogen and oxygen atoms in total. The van der Waals surface area contributed by atoms with E-state index in [0.29, 0.717) is 0 Å². The van der Waals surface area contributed by atoms with Crippen LogP contribution in [0.1, 0.15) is 31.9 Å². The van der Waals surface area contributed by atoms with Gasteiger partial charge in [0.2, 0.25) is 0 Å². The molecule has 1 amide bonds. The molecule has 0 fully saturated rings. The van der Waals surface area contributed by atoms with Crippen molar-refractivity contribution >= 4 is 17.6 Å². The van der Waals surface area contributed by atoms with Crippen molar-refractivity contribution in [3.8, 4) is 0 Å². The number of carbonyl (C=O) groups excluding carboxylic acids is 2. The predicted octanol–water partition coefficient (Wildman–Crippen LogP) is 3.09. The second kappa shape index (κ2) is 4.65. The van der Waals surface area contributed by atoms with Crippen molar-refractivity contribution in [2.75, 3.05) is 5.06 Å². The third-order valence-electron chi connectivity index (χ3n) is 3.26. The topological polar surface area (TPSA) is 46.6 Å². The van der Waals surface area contributed by atoms with Gasteiger partial charge in [-0.2, -0.15) is 13.2 Å². The van der Waals surface area contributed by atoms with Crippen LogP contribution < -0.4 is 5.06 Å². The maximum atomic E-state index is 14.2. The van der Waals surface area contributed by atoms with Crippen molar-refractivity contribution < 1.29 is 36.4 Å². The fourth-order valence-corrected chi connectivity index (χ4v) is 2.27. The number of anilines is 1. The minimum absolute atomic E-state index is 0.0701. The summed E-state index contributed by atoms with van der Waals surface area (Å²) in [6, 6.07) is -0.0701. The third-order valence-corrected chi connectivity index (χ3v) is 3.26. The molecular weight excluding hydrogens is 313 g/mol. The summed E-state index contributed by atoms with van der Waals surface area (Å²) < 4.78 is 66.5. The summed E-state index contributed by atoms with van der Waals surface area (Å²) in [4.78, 5) is 27.6. The average molecular weight is 323 g/mol. The lowest BCUT2D eigenvalue weighted by molar-refractivity contribution is -0.149. The number of rotatable bonds is 1. The molecule has 1 aromatic rings. The number of hydroxylamine groups is 1. The molecule has 0 spiro atoms. The number of halogens is 5. The molecule has 9 heteroatoms. The van der Waals surface area contributed by atoms with Gasteiger partial charge in [-0.15, -0.1) is 5.06 Å². The van der Waals surface area contributed by atoms with E-state index in [1.54, 1.807) is 0 Å². The largest absolute Gasteiger partial charge is 0.419 e. The molecule has 0 bridgehead atoms. The smallest absolute Gasteiger partial charge is 0.333 e. The Bertz CT molecular complexity index is 681. The predicted molar refractivity (Wildman–Crippen MR) is 63.6 cm³/mol. The van der Waals surface area contributed by atoms with Crippen molar-refractivity contribution in [1.29, 1.82) is 0 Å². The van der Waals surface area contributed by atoms with Crippen LogP contribution in [0.15, 0.2) is 6.07 Å². The number of nitrogens with zero attached hydrogens (tertiary/aromatic N) is 1. The molecule has 2 rings (SSSR count). The molecule has 0 saturated carbocycles. The minimum atomic E-state index is -5.13. The SMILES string of the molecule is CC(=O)ON1C(=O)C(C)(C)c2c(F)c(C(F)(F)F)cc(F)c21. The van der Waals surface area contributed by atoms with Crippen LogP contribution in [0, 0.1) is 11.6 Å². The summed E-state index contributed by atoms with van der Waals surface area (Å²) in [7, 11) is 0. The molecule has 1 aromatic carbocycles. The highest BCUT2D eigenvalue weighted by Crippen LogP contribution is 2.48. The molecule has 1 heterocycles. The van der Waals surface area contributed by atoms with Crippen LogP contribution in [-0.4, -0.2) is 11.9 Å². The van der Waals surface area contributed by atoms with E-state index in [-0.39, 0.29) is 11.1 Å². The lowest BCUT2D eigenvalue weighted by atomic mass is 9.84. The summed E-state index contributed by atoms with van der Waals surface area (Å²) in [6.45, 7) is 3.14. The van der Waals surface area contributed by atoms with Crippen molar-refractivity contribution in [1.82, 2.24) is 0 Å². The Morgan fingerprint density at radius 2 is 1.82 bits per heavy atom. The Labute approximate surface area is 121 Å². The quantitative estimate of drug-likeness (QED) is 0.746. The van der Waals surface area contributed by atoms with Gasteiger partial charge in [0, 0.05) is 12.5 Å². The monoisotopic (exact) mass is 323 g/mol. The fraction of sp³-hybridized carbons (Fsp3) is 0.385. The van der Waals surface area contributed by atoms with E-state index in [0.717, 1.165) is 20.8 Å². The van der Waals surface area contributed by atoms with Crippen molar-refractivity contribution in [2.24, 2.45) is 0 Å². The number of alkyl halides is 3. The Balaban J connectivity index is 2.80. The molecule has 0 saturated heterocycles. The number of hydrogen-bond donors (Lipinski definition) is 0. The Kier molecular flexibility index (Phi) is 3.42. The van der Waals surface area contributed by atoms with Gasteiger partial charge >= 0.3 is 12.1 Å². The highest BCUT2D eigenvalue weighted by molar-refractivity contribution is 6.07. The average Bonchev–Trinajstić information content (AvgIpc) is 2.53. The molecule has 0 N–H and O–H groups in total. The van der Waals surface area contributed by atoms with Gasteiger partial charge in [-0.25, -0.2) is 13.6 Å². The highest BCUT2D eigenvalue weighted by atomic mass is 19.4. The first-order valence-electron chi connectivity index (χ1n) is 6.01. The molecule has 22 heavy (non-hydrogen) atoms. The van der Waals surface area contributed by atoms with Gasteiger partial charge in [0.25, 0.3) is 5.91 Å². The Morgan fingerprint density at radius 3 is 2.27 bits per heavy atom. The van der Waals surface area contributed by atoms with Gasteiger partial charge in [-0.1, -0.05) is 0 Å². The molecule has 0 atom stereocenters. The first kappa shape index (κ1) is 16.2. The first-order valence-corrected chi connectivity index (χ1v) is 6.01. The molecule has 120 valence electrons. The van der Waals surface area contributed by atoms with Crippen LogP contribution in [0.3, 0.4) is 0 Å². The van der Waals surface area contributed by atoms with E-state index in [1.807, 2.05) is 0 Å². The summed E-state index contributed by atoms with van der Waals surface area (Å²) >= 11 is 0. The van der Waals surface area contributed by atoms with Crippen LogP contribution in [0.25, 0.3) is 0 Å². The van der Waals surface area contributed by atoms with Crippen LogP contribution in [0.5, 0.6) is 0 Å². The first-order chi connectivity index (χ1) is 9.89. The van der Waals surface area contributed by atoms with E-state index in [2.05, 4.69) is 4.84 Å². The highest BCUT2D eigenvalue weighted by Gasteiger charge is 2.52. The molecule has 1 aliphatic heterocycles. The minimum Gasteiger partial charge on any atom is -0.333 e. The molecule has 0 aromatic heterocycles. The summed E-state index contributed by atoms with van der Waals surface area (Å²) in [5.74, 6) is -5.33. The van der Waals surface area contributed by atoms with Crippen LogP contribution >= 0.6 is 0 Å². The Hall–Kier alpha value is -2.19. The molecule has 1 aliphatic rings. The summed E-state index contributed by atoms with van der Waals surface area (Å²) in [6.07, 6.45) is -5.13. The maximum absolute atomic E-state index is 14.2. The lowest BCUT2D eigenvalue weighted by Crippen LogP contribution is -2.37. The molecular formula is C13H10F5NO3. The van der Waals surface area contributed by atoms with Gasteiger partial charge in [-0.05, 0) is 19.9 Å². The summed E-state index contributed by atoms with van der Waals surface area (Å²) in [5.41, 5.74) is -5.27. The number of carbonyl (C=O) groups is 2. The van der Waals surface area contributed by atoms with Gasteiger partial charge in [0.15, 0.2) is 5.82 Å². The van der Waals surface area contributed by atoms with E-state index < -0.39 is 51.9 Å². The van der Waals surface area contributed by atoms with Gasteiger partial charge in [0.1, 0.15) is 11.5 Å². The zero-order chi connectivity index (χ0) is 17.0. The van der Waals surface area contributed by atoms with Crippen LogP contribution in [0.4, 0.5) is 27.6 Å². The second-order valence-electron chi connectivity index (χ2n) is 5.25. The van der Waals surface area contributed by atoms with E-state index in [4.69, 9.17) is 0 Å². The van der Waals surface area contributed by atoms with E-state index in [9.17, 15) is 31.5 Å². The molecule has 0 radical (unpaired) electrons. The maximum Gasteiger partial charge on any atom is 0.419 e. The van der Waals surface area contributed by atoms with Crippen molar-refractivity contribution in [3.05, 3.63) is 28.8 Å². The summed E-state index contributed by atoms with van der Waals surface area (Å²) in [5, 5.41) is 0.191. The zero-order valence-electron chi connectivity index (χ0n) is 11.6. The van der Waals surface area contributed by atoms with E-state index in [1.165, 1.54) is 0 Å². The third kappa shape index (κ3) is 2.20. The fourth-order valence-electron chi connectivity index (χ4n) is 2.27. The normalized spacial score (nSPS) is 16.7. The molecule has 0 unspecified atom stereocenters. The number of fused-ring (bicyclic) bond motifs is 1. The number of amides is 1. The Morgan fingerprint density at radius 1 is 1.27 bits per heavy atom. The molecule has 0 aliphatic carbocycles. The van der Waals surface area contributed by atoms with Gasteiger partial charge < -0.3 is 4.84 Å². The second-order valence-corrected chi connectivity index (χ2v) is 5.25. The van der Waals surface area contributed by atoms with E-state index >= 15 is 0 Å². The van der Waals surface area contributed by atoms with Crippen LogP contribution in [-0.2, 0) is 26.0 Å².